The van der Waals surface area contributed by atoms with Crippen LogP contribution in [0.25, 0.3) is 0 Å². The SMILES string of the molecule is Cc1noc(C)c1C(C)C(=O)NCCCC(C)(C)CO. The summed E-state index contributed by atoms with van der Waals surface area (Å²) in [7, 11) is 0. The van der Waals surface area contributed by atoms with Crippen molar-refractivity contribution >= 4 is 5.91 Å². The van der Waals surface area contributed by atoms with E-state index in [-0.39, 0.29) is 23.8 Å². The van der Waals surface area contributed by atoms with E-state index < -0.39 is 0 Å². The molecule has 0 spiro atoms. The van der Waals surface area contributed by atoms with Gasteiger partial charge in [-0.1, -0.05) is 19.0 Å². The maximum absolute atomic E-state index is 12.1. The summed E-state index contributed by atoms with van der Waals surface area (Å²) in [6, 6.07) is 0. The van der Waals surface area contributed by atoms with Gasteiger partial charge in [-0.15, -0.1) is 0 Å². The molecule has 2 N–H and O–H groups in total. The Labute approximate surface area is 120 Å². The average molecular weight is 282 g/mol. The van der Waals surface area contributed by atoms with Gasteiger partial charge in [-0.2, -0.15) is 0 Å². The number of amides is 1. The molecule has 0 radical (unpaired) electrons. The largest absolute Gasteiger partial charge is 0.396 e. The Morgan fingerprint density at radius 2 is 2.10 bits per heavy atom. The van der Waals surface area contributed by atoms with Crippen molar-refractivity contribution < 1.29 is 14.4 Å². The summed E-state index contributed by atoms with van der Waals surface area (Å²) in [4.78, 5) is 12.1. The molecule has 20 heavy (non-hydrogen) atoms. The predicted octanol–water partition coefficient (Wildman–Crippen LogP) is 2.31. The standard InChI is InChI=1S/C15H26N2O3/c1-10(13-11(2)17-20-12(13)3)14(19)16-8-6-7-15(4,5)9-18/h10,18H,6-9H2,1-5H3,(H,16,19). The summed E-state index contributed by atoms with van der Waals surface area (Å²) >= 11 is 0. The first kappa shape index (κ1) is 16.7. The number of nitrogens with zero attached hydrogens (tertiary/aromatic N) is 1. The van der Waals surface area contributed by atoms with Crippen LogP contribution in [0.2, 0.25) is 0 Å². The van der Waals surface area contributed by atoms with Gasteiger partial charge in [0.25, 0.3) is 0 Å². The topological polar surface area (TPSA) is 75.4 Å². The number of carbonyl (C=O) groups excluding carboxylic acids is 1. The third kappa shape index (κ3) is 4.34. The molecule has 1 rings (SSSR count). The second kappa shape index (κ2) is 6.88. The highest BCUT2D eigenvalue weighted by Gasteiger charge is 2.22. The van der Waals surface area contributed by atoms with Gasteiger partial charge in [0.2, 0.25) is 5.91 Å². The summed E-state index contributed by atoms with van der Waals surface area (Å²) in [5.74, 6) is 0.430. The van der Waals surface area contributed by atoms with Gasteiger partial charge in [0.1, 0.15) is 5.76 Å². The van der Waals surface area contributed by atoms with Crippen LogP contribution in [0, 0.1) is 19.3 Å². The highest BCUT2D eigenvalue weighted by Crippen LogP contribution is 2.23. The molecule has 1 aromatic rings. The fourth-order valence-corrected chi connectivity index (χ4v) is 2.25. The Morgan fingerprint density at radius 1 is 1.45 bits per heavy atom. The number of aliphatic hydroxyl groups excluding tert-OH is 1. The fourth-order valence-electron chi connectivity index (χ4n) is 2.25. The molecule has 0 aliphatic carbocycles. The van der Waals surface area contributed by atoms with E-state index >= 15 is 0 Å². The lowest BCUT2D eigenvalue weighted by Crippen LogP contribution is -2.30. The Balaban J connectivity index is 2.44. The number of hydrogen-bond donors (Lipinski definition) is 2. The molecular formula is C15H26N2O3. The van der Waals surface area contributed by atoms with Gasteiger partial charge in [-0.25, -0.2) is 0 Å². The summed E-state index contributed by atoms with van der Waals surface area (Å²) in [6.45, 7) is 10.3. The van der Waals surface area contributed by atoms with Gasteiger partial charge in [-0.05, 0) is 39.0 Å². The van der Waals surface area contributed by atoms with Crippen LogP contribution < -0.4 is 5.32 Å². The van der Waals surface area contributed by atoms with E-state index in [4.69, 9.17) is 4.52 Å². The summed E-state index contributed by atoms with van der Waals surface area (Å²) < 4.78 is 5.09. The van der Waals surface area contributed by atoms with Gasteiger partial charge < -0.3 is 14.9 Å². The maximum Gasteiger partial charge on any atom is 0.227 e. The molecule has 1 unspecified atom stereocenters. The zero-order valence-electron chi connectivity index (χ0n) is 13.1. The molecule has 1 aromatic heterocycles. The summed E-state index contributed by atoms with van der Waals surface area (Å²) in [5.41, 5.74) is 1.56. The summed E-state index contributed by atoms with van der Waals surface area (Å²) in [6.07, 6.45) is 1.73. The number of rotatable bonds is 7. The Kier molecular flexibility index (Phi) is 5.74. The molecule has 0 bridgehead atoms. The van der Waals surface area contributed by atoms with Crippen molar-refractivity contribution in [3.8, 4) is 0 Å². The minimum atomic E-state index is -0.257. The van der Waals surface area contributed by atoms with Crippen molar-refractivity contribution in [3.05, 3.63) is 17.0 Å². The molecule has 1 amide bonds. The van der Waals surface area contributed by atoms with E-state index in [0.717, 1.165) is 24.1 Å². The molecule has 114 valence electrons. The van der Waals surface area contributed by atoms with E-state index in [0.29, 0.717) is 12.3 Å². The number of carbonyl (C=O) groups is 1. The Bertz CT molecular complexity index is 432. The van der Waals surface area contributed by atoms with Gasteiger partial charge >= 0.3 is 0 Å². The monoisotopic (exact) mass is 282 g/mol. The maximum atomic E-state index is 12.1. The van der Waals surface area contributed by atoms with Crippen LogP contribution >= 0.6 is 0 Å². The lowest BCUT2D eigenvalue weighted by Gasteiger charge is -2.21. The molecule has 5 nitrogen and oxygen atoms in total. The van der Waals surface area contributed by atoms with E-state index in [2.05, 4.69) is 10.5 Å². The van der Waals surface area contributed by atoms with Crippen LogP contribution in [0.3, 0.4) is 0 Å². The predicted molar refractivity (Wildman–Crippen MR) is 77.5 cm³/mol. The van der Waals surface area contributed by atoms with Gasteiger partial charge in [0.05, 0.1) is 11.6 Å². The van der Waals surface area contributed by atoms with Crippen LogP contribution in [-0.2, 0) is 4.79 Å². The molecule has 1 atom stereocenters. The van der Waals surface area contributed by atoms with Crippen molar-refractivity contribution in [2.45, 2.75) is 53.4 Å². The molecule has 0 saturated carbocycles. The highest BCUT2D eigenvalue weighted by atomic mass is 16.5. The van der Waals surface area contributed by atoms with E-state index in [1.165, 1.54) is 0 Å². The molecule has 0 fully saturated rings. The van der Waals surface area contributed by atoms with Crippen LogP contribution in [-0.4, -0.2) is 29.3 Å². The molecule has 1 heterocycles. The first-order valence-electron chi connectivity index (χ1n) is 7.10. The Morgan fingerprint density at radius 3 is 2.60 bits per heavy atom. The number of nitrogens with one attached hydrogen (secondary N) is 1. The highest BCUT2D eigenvalue weighted by molar-refractivity contribution is 5.83. The van der Waals surface area contributed by atoms with Gasteiger partial charge in [0.15, 0.2) is 0 Å². The number of hydrogen-bond acceptors (Lipinski definition) is 4. The smallest absolute Gasteiger partial charge is 0.227 e. The van der Waals surface area contributed by atoms with E-state index in [1.807, 2.05) is 34.6 Å². The van der Waals surface area contributed by atoms with E-state index in [1.54, 1.807) is 0 Å². The third-order valence-electron chi connectivity index (χ3n) is 3.67. The lowest BCUT2D eigenvalue weighted by atomic mass is 9.89. The first-order valence-corrected chi connectivity index (χ1v) is 7.10. The molecule has 0 aliphatic heterocycles. The number of aromatic nitrogens is 1. The number of aliphatic hydroxyl groups is 1. The van der Waals surface area contributed by atoms with Crippen LogP contribution in [0.1, 0.15) is 56.5 Å². The Hall–Kier alpha value is -1.36. The third-order valence-corrected chi connectivity index (χ3v) is 3.67. The summed E-state index contributed by atoms with van der Waals surface area (Å²) in [5, 5.41) is 16.0. The molecular weight excluding hydrogens is 256 g/mol. The zero-order valence-corrected chi connectivity index (χ0v) is 13.1. The fraction of sp³-hybridized carbons (Fsp3) is 0.733. The molecule has 0 aliphatic rings. The van der Waals surface area contributed by atoms with Crippen molar-refractivity contribution in [2.24, 2.45) is 5.41 Å². The minimum Gasteiger partial charge on any atom is -0.396 e. The van der Waals surface area contributed by atoms with E-state index in [9.17, 15) is 9.90 Å². The molecule has 5 heteroatoms. The van der Waals surface area contributed by atoms with Crippen LogP contribution in [0.5, 0.6) is 0 Å². The molecule has 0 aromatic carbocycles. The van der Waals surface area contributed by atoms with Crippen molar-refractivity contribution in [3.63, 3.8) is 0 Å². The second-order valence-corrected chi connectivity index (χ2v) is 6.18. The van der Waals surface area contributed by atoms with Gasteiger partial charge in [-0.3, -0.25) is 4.79 Å². The number of aryl methyl sites for hydroxylation is 2. The van der Waals surface area contributed by atoms with Crippen molar-refractivity contribution in [1.82, 2.24) is 10.5 Å². The zero-order chi connectivity index (χ0) is 15.3. The lowest BCUT2D eigenvalue weighted by molar-refractivity contribution is -0.122. The van der Waals surface area contributed by atoms with Crippen molar-refractivity contribution in [2.75, 3.05) is 13.2 Å². The average Bonchev–Trinajstić information content (AvgIpc) is 2.73. The van der Waals surface area contributed by atoms with Crippen LogP contribution in [0.4, 0.5) is 0 Å². The first-order chi connectivity index (χ1) is 9.28. The normalized spacial score (nSPS) is 13.3. The van der Waals surface area contributed by atoms with Crippen LogP contribution in [0.15, 0.2) is 4.52 Å². The minimum absolute atomic E-state index is 0.0128. The van der Waals surface area contributed by atoms with Crippen molar-refractivity contribution in [1.29, 1.82) is 0 Å². The quantitative estimate of drug-likeness (QED) is 0.752. The van der Waals surface area contributed by atoms with Gasteiger partial charge in [0, 0.05) is 18.7 Å². The second-order valence-electron chi connectivity index (χ2n) is 6.18. The molecule has 0 saturated heterocycles.